The first-order chi connectivity index (χ1) is 6.25. The maximum atomic E-state index is 5.81. The van der Waals surface area contributed by atoms with Crippen molar-refractivity contribution in [2.75, 3.05) is 0 Å². The molecule has 2 nitrogen and oxygen atoms in total. The first-order valence-electron chi connectivity index (χ1n) is 3.94. The third kappa shape index (κ3) is 1.73. The summed E-state index contributed by atoms with van der Waals surface area (Å²) in [6.07, 6.45) is 1.64. The van der Waals surface area contributed by atoms with Crippen molar-refractivity contribution >= 4 is 11.6 Å². The minimum absolute atomic E-state index is 0.492. The number of aromatic nitrogens is 1. The number of hydrogen-bond donors (Lipinski definition) is 0. The Balaban J connectivity index is 2.53. The van der Waals surface area contributed by atoms with E-state index in [1.807, 2.05) is 25.1 Å². The van der Waals surface area contributed by atoms with Gasteiger partial charge in [0.15, 0.2) is 0 Å². The lowest BCUT2D eigenvalue weighted by atomic mass is 10.2. The molecule has 0 aliphatic heterocycles. The van der Waals surface area contributed by atoms with Crippen molar-refractivity contribution in [1.82, 2.24) is 4.98 Å². The van der Waals surface area contributed by atoms with Gasteiger partial charge in [0.1, 0.15) is 10.9 Å². The molecule has 0 atom stereocenters. The van der Waals surface area contributed by atoms with E-state index in [1.54, 1.807) is 12.3 Å². The Kier molecular flexibility index (Phi) is 2.07. The van der Waals surface area contributed by atoms with Crippen LogP contribution in [0.25, 0.3) is 11.3 Å². The van der Waals surface area contributed by atoms with Crippen LogP contribution in [0.4, 0.5) is 0 Å². The fourth-order valence-electron chi connectivity index (χ4n) is 1.21. The van der Waals surface area contributed by atoms with E-state index < -0.39 is 0 Å². The molecule has 3 heteroatoms. The first kappa shape index (κ1) is 8.32. The van der Waals surface area contributed by atoms with Gasteiger partial charge in [-0.15, -0.1) is 0 Å². The normalized spacial score (nSPS) is 10.3. The molecule has 0 unspecified atom stereocenters. The van der Waals surface area contributed by atoms with Gasteiger partial charge in [-0.25, -0.2) is 4.98 Å². The minimum atomic E-state index is 0.492. The predicted octanol–water partition coefficient (Wildman–Crippen LogP) is 3.30. The molecule has 2 rings (SSSR count). The maximum absolute atomic E-state index is 5.81. The van der Waals surface area contributed by atoms with Gasteiger partial charge in [-0.3, -0.25) is 0 Å². The van der Waals surface area contributed by atoms with Gasteiger partial charge >= 0.3 is 0 Å². The lowest BCUT2D eigenvalue weighted by Gasteiger charge is -1.99. The third-order valence-corrected chi connectivity index (χ3v) is 1.92. The maximum Gasteiger partial charge on any atom is 0.134 e. The molecule has 2 aromatic rings. The highest BCUT2D eigenvalue weighted by Crippen LogP contribution is 2.22. The quantitative estimate of drug-likeness (QED) is 0.650. The topological polar surface area (TPSA) is 26.0 Å². The molecular weight excluding hydrogens is 186 g/mol. The number of hydrogen-bond acceptors (Lipinski definition) is 2. The molecule has 0 aromatic carbocycles. The Morgan fingerprint density at radius 2 is 2.23 bits per heavy atom. The molecule has 0 spiro atoms. The van der Waals surface area contributed by atoms with Crippen LogP contribution in [0.1, 0.15) is 5.69 Å². The van der Waals surface area contributed by atoms with Crippen LogP contribution in [-0.4, -0.2) is 4.98 Å². The average Bonchev–Trinajstić information content (AvgIpc) is 2.53. The number of aryl methyl sites for hydroxylation is 1. The van der Waals surface area contributed by atoms with Crippen molar-refractivity contribution in [2.24, 2.45) is 0 Å². The fourth-order valence-corrected chi connectivity index (χ4v) is 1.46. The van der Waals surface area contributed by atoms with Crippen LogP contribution in [-0.2, 0) is 0 Å². The Hall–Kier alpha value is -1.28. The average molecular weight is 194 g/mol. The fraction of sp³-hybridized carbons (Fsp3) is 0.100. The van der Waals surface area contributed by atoms with Crippen LogP contribution in [0.15, 0.2) is 34.9 Å². The van der Waals surface area contributed by atoms with Gasteiger partial charge in [-0.2, -0.15) is 0 Å². The summed E-state index contributed by atoms with van der Waals surface area (Å²) < 4.78 is 5.24. The second kappa shape index (κ2) is 3.23. The highest BCUT2D eigenvalue weighted by atomic mass is 35.5. The van der Waals surface area contributed by atoms with Crippen molar-refractivity contribution in [3.05, 3.63) is 41.4 Å². The molecule has 0 saturated carbocycles. The van der Waals surface area contributed by atoms with Crippen molar-refractivity contribution in [1.29, 1.82) is 0 Å². The number of rotatable bonds is 1. The second-order valence-electron chi connectivity index (χ2n) is 2.80. The van der Waals surface area contributed by atoms with Crippen LogP contribution >= 0.6 is 11.6 Å². The Labute approximate surface area is 81.2 Å². The largest absolute Gasteiger partial charge is 0.464 e. The first-order valence-corrected chi connectivity index (χ1v) is 4.31. The number of nitrogens with zero attached hydrogens (tertiary/aromatic N) is 1. The summed E-state index contributed by atoms with van der Waals surface area (Å²) in [5.41, 5.74) is 1.85. The van der Waals surface area contributed by atoms with E-state index in [4.69, 9.17) is 16.0 Å². The zero-order valence-corrected chi connectivity index (χ0v) is 7.88. The van der Waals surface area contributed by atoms with E-state index >= 15 is 0 Å². The zero-order valence-electron chi connectivity index (χ0n) is 7.12. The summed E-state index contributed by atoms with van der Waals surface area (Å²) in [6.45, 7) is 1.90. The van der Waals surface area contributed by atoms with Crippen molar-refractivity contribution in [3.8, 4) is 11.3 Å². The van der Waals surface area contributed by atoms with E-state index in [2.05, 4.69) is 4.98 Å². The van der Waals surface area contributed by atoms with E-state index in [1.165, 1.54) is 0 Å². The predicted molar refractivity (Wildman–Crippen MR) is 51.7 cm³/mol. The zero-order chi connectivity index (χ0) is 9.26. The van der Waals surface area contributed by atoms with E-state index in [-0.39, 0.29) is 0 Å². The van der Waals surface area contributed by atoms with Gasteiger partial charge in [-0.1, -0.05) is 11.6 Å². The van der Waals surface area contributed by atoms with Crippen LogP contribution in [0.5, 0.6) is 0 Å². The van der Waals surface area contributed by atoms with E-state index in [9.17, 15) is 0 Å². The summed E-state index contributed by atoms with van der Waals surface area (Å²) in [5.74, 6) is 0.812. The SMILES string of the molecule is Cc1cc(-c2ccco2)cc(Cl)n1. The number of halogens is 1. The summed E-state index contributed by atoms with van der Waals surface area (Å²) >= 11 is 5.81. The second-order valence-corrected chi connectivity index (χ2v) is 3.18. The van der Waals surface area contributed by atoms with Crippen LogP contribution in [0, 0.1) is 6.92 Å². The number of pyridine rings is 1. The van der Waals surface area contributed by atoms with Gasteiger partial charge in [0.25, 0.3) is 0 Å². The van der Waals surface area contributed by atoms with Crippen LogP contribution in [0.3, 0.4) is 0 Å². The van der Waals surface area contributed by atoms with Gasteiger partial charge < -0.3 is 4.42 Å². The Bertz CT molecular complexity index is 389. The molecule has 2 aromatic heterocycles. The lowest BCUT2D eigenvalue weighted by Crippen LogP contribution is -1.83. The lowest BCUT2D eigenvalue weighted by molar-refractivity contribution is 0.582. The van der Waals surface area contributed by atoms with E-state index in [0.29, 0.717) is 5.15 Å². The van der Waals surface area contributed by atoms with Crippen LogP contribution in [0.2, 0.25) is 5.15 Å². The summed E-state index contributed by atoms with van der Waals surface area (Å²) in [5, 5.41) is 0.492. The van der Waals surface area contributed by atoms with Gasteiger partial charge in [0, 0.05) is 11.3 Å². The minimum Gasteiger partial charge on any atom is -0.464 e. The highest BCUT2D eigenvalue weighted by molar-refractivity contribution is 6.29. The number of furan rings is 1. The molecule has 0 amide bonds. The molecule has 66 valence electrons. The molecule has 2 heterocycles. The third-order valence-electron chi connectivity index (χ3n) is 1.73. The molecule has 0 saturated heterocycles. The molecular formula is C10H8ClNO. The standard InChI is InChI=1S/C10H8ClNO/c1-7-5-8(6-10(11)12-7)9-3-2-4-13-9/h2-6H,1H3. The van der Waals surface area contributed by atoms with Gasteiger partial charge in [-0.05, 0) is 31.2 Å². The summed E-state index contributed by atoms with van der Waals surface area (Å²) in [7, 11) is 0. The smallest absolute Gasteiger partial charge is 0.134 e. The van der Waals surface area contributed by atoms with Crippen molar-refractivity contribution in [3.63, 3.8) is 0 Å². The monoisotopic (exact) mass is 193 g/mol. The van der Waals surface area contributed by atoms with Crippen molar-refractivity contribution in [2.45, 2.75) is 6.92 Å². The Morgan fingerprint density at radius 3 is 2.85 bits per heavy atom. The van der Waals surface area contributed by atoms with E-state index in [0.717, 1.165) is 17.0 Å². The summed E-state index contributed by atoms with van der Waals surface area (Å²) in [4.78, 5) is 4.07. The van der Waals surface area contributed by atoms with Crippen LogP contribution < -0.4 is 0 Å². The molecule has 13 heavy (non-hydrogen) atoms. The molecule has 0 fully saturated rings. The molecule has 0 bridgehead atoms. The summed E-state index contributed by atoms with van der Waals surface area (Å²) in [6, 6.07) is 7.46. The molecule has 0 radical (unpaired) electrons. The van der Waals surface area contributed by atoms with Gasteiger partial charge in [0.05, 0.1) is 6.26 Å². The Morgan fingerprint density at radius 1 is 1.38 bits per heavy atom. The van der Waals surface area contributed by atoms with Crippen molar-refractivity contribution < 1.29 is 4.42 Å². The molecule has 0 aliphatic rings. The van der Waals surface area contributed by atoms with Gasteiger partial charge in [0.2, 0.25) is 0 Å². The molecule has 0 N–H and O–H groups in total. The molecule has 0 aliphatic carbocycles. The highest BCUT2D eigenvalue weighted by Gasteiger charge is 2.02.